The van der Waals surface area contributed by atoms with Crippen molar-refractivity contribution in [2.45, 2.75) is 44.8 Å². The van der Waals surface area contributed by atoms with Crippen molar-refractivity contribution in [1.82, 2.24) is 9.80 Å². The van der Waals surface area contributed by atoms with Crippen LogP contribution in [0.3, 0.4) is 0 Å². The number of rotatable bonds is 6. The standard InChI is InChI=1S/C15H30N2O2/c1-4-5-15(2)12-14(13-16(15)3)19-11-8-17-6-9-18-10-7-17/h14H,4-13H2,1-3H3. The van der Waals surface area contributed by atoms with Gasteiger partial charge in [-0.1, -0.05) is 13.3 Å². The maximum absolute atomic E-state index is 6.09. The Kier molecular flexibility index (Phi) is 5.63. The summed E-state index contributed by atoms with van der Waals surface area (Å²) in [4.78, 5) is 4.92. The van der Waals surface area contributed by atoms with Crippen LogP contribution in [0, 0.1) is 0 Å². The van der Waals surface area contributed by atoms with Crippen molar-refractivity contribution < 1.29 is 9.47 Å². The van der Waals surface area contributed by atoms with Crippen LogP contribution in [-0.2, 0) is 9.47 Å². The van der Waals surface area contributed by atoms with E-state index in [0.717, 1.165) is 46.0 Å². The van der Waals surface area contributed by atoms with Gasteiger partial charge in [-0.2, -0.15) is 0 Å². The van der Waals surface area contributed by atoms with E-state index in [0.29, 0.717) is 11.6 Å². The van der Waals surface area contributed by atoms with Gasteiger partial charge < -0.3 is 9.47 Å². The maximum atomic E-state index is 6.09. The van der Waals surface area contributed by atoms with Crippen LogP contribution in [0.1, 0.15) is 33.1 Å². The molecule has 0 aromatic carbocycles. The van der Waals surface area contributed by atoms with Gasteiger partial charge in [-0.3, -0.25) is 9.80 Å². The molecule has 19 heavy (non-hydrogen) atoms. The van der Waals surface area contributed by atoms with Crippen LogP contribution in [0.25, 0.3) is 0 Å². The zero-order valence-electron chi connectivity index (χ0n) is 12.9. The molecule has 2 aliphatic heterocycles. The molecule has 2 heterocycles. The largest absolute Gasteiger partial charge is 0.379 e. The fraction of sp³-hybridized carbons (Fsp3) is 1.00. The normalized spacial score (nSPS) is 33.9. The van der Waals surface area contributed by atoms with E-state index in [1.165, 1.54) is 19.3 Å². The molecular weight excluding hydrogens is 240 g/mol. The maximum Gasteiger partial charge on any atom is 0.0720 e. The van der Waals surface area contributed by atoms with Gasteiger partial charge in [0.05, 0.1) is 25.9 Å². The average molecular weight is 270 g/mol. The first-order valence-electron chi connectivity index (χ1n) is 7.77. The number of hydrogen-bond donors (Lipinski definition) is 0. The topological polar surface area (TPSA) is 24.9 Å². The first-order valence-corrected chi connectivity index (χ1v) is 7.77. The molecule has 2 unspecified atom stereocenters. The first kappa shape index (κ1) is 15.2. The summed E-state index contributed by atoms with van der Waals surface area (Å²) in [5, 5.41) is 0. The summed E-state index contributed by atoms with van der Waals surface area (Å²) >= 11 is 0. The van der Waals surface area contributed by atoms with E-state index in [9.17, 15) is 0 Å². The summed E-state index contributed by atoms with van der Waals surface area (Å²) in [6.07, 6.45) is 4.12. The van der Waals surface area contributed by atoms with Crippen molar-refractivity contribution in [3.8, 4) is 0 Å². The molecule has 0 aromatic heterocycles. The highest BCUT2D eigenvalue weighted by atomic mass is 16.5. The molecule has 0 saturated carbocycles. The third kappa shape index (κ3) is 4.15. The smallest absolute Gasteiger partial charge is 0.0720 e. The van der Waals surface area contributed by atoms with Crippen LogP contribution in [0.4, 0.5) is 0 Å². The SMILES string of the molecule is CCCC1(C)CC(OCCN2CCOCC2)CN1C. The number of likely N-dealkylation sites (tertiary alicyclic amines) is 1. The Morgan fingerprint density at radius 2 is 2.05 bits per heavy atom. The molecule has 0 bridgehead atoms. The molecule has 0 amide bonds. The molecular formula is C15H30N2O2. The Morgan fingerprint density at radius 3 is 2.74 bits per heavy atom. The molecule has 2 saturated heterocycles. The fourth-order valence-electron chi connectivity index (χ4n) is 3.35. The van der Waals surface area contributed by atoms with Gasteiger partial charge in [-0.15, -0.1) is 0 Å². The molecule has 0 aromatic rings. The predicted molar refractivity (Wildman–Crippen MR) is 77.6 cm³/mol. The second kappa shape index (κ2) is 7.02. The van der Waals surface area contributed by atoms with Crippen molar-refractivity contribution in [1.29, 1.82) is 0 Å². The summed E-state index contributed by atoms with van der Waals surface area (Å²) in [5.41, 5.74) is 0.346. The second-order valence-electron chi connectivity index (χ2n) is 6.28. The van der Waals surface area contributed by atoms with E-state index < -0.39 is 0 Å². The van der Waals surface area contributed by atoms with Gasteiger partial charge in [0.2, 0.25) is 0 Å². The van der Waals surface area contributed by atoms with Gasteiger partial charge in [-0.05, 0) is 26.8 Å². The van der Waals surface area contributed by atoms with Crippen molar-refractivity contribution >= 4 is 0 Å². The molecule has 0 N–H and O–H groups in total. The number of ether oxygens (including phenoxy) is 2. The van der Waals surface area contributed by atoms with E-state index in [4.69, 9.17) is 9.47 Å². The Balaban J connectivity index is 1.66. The lowest BCUT2D eigenvalue weighted by Gasteiger charge is -2.31. The highest BCUT2D eigenvalue weighted by Crippen LogP contribution is 2.33. The van der Waals surface area contributed by atoms with E-state index in [1.807, 2.05) is 0 Å². The molecule has 2 rings (SSSR count). The van der Waals surface area contributed by atoms with Gasteiger partial charge in [0.15, 0.2) is 0 Å². The van der Waals surface area contributed by atoms with Gasteiger partial charge in [-0.25, -0.2) is 0 Å². The lowest BCUT2D eigenvalue weighted by Crippen LogP contribution is -2.38. The minimum atomic E-state index is 0.346. The molecule has 2 aliphatic rings. The molecule has 0 radical (unpaired) electrons. The summed E-state index contributed by atoms with van der Waals surface area (Å²) in [5.74, 6) is 0. The molecule has 2 atom stereocenters. The fourth-order valence-corrected chi connectivity index (χ4v) is 3.35. The molecule has 0 aliphatic carbocycles. The minimum Gasteiger partial charge on any atom is -0.379 e. The molecule has 0 spiro atoms. The Morgan fingerprint density at radius 1 is 1.32 bits per heavy atom. The summed E-state index contributed by atoms with van der Waals surface area (Å²) < 4.78 is 11.5. The Bertz CT molecular complexity index is 269. The number of nitrogens with zero attached hydrogens (tertiary/aromatic N) is 2. The van der Waals surface area contributed by atoms with Crippen molar-refractivity contribution in [3.63, 3.8) is 0 Å². The number of morpholine rings is 1. The monoisotopic (exact) mass is 270 g/mol. The van der Waals surface area contributed by atoms with Gasteiger partial charge in [0.1, 0.15) is 0 Å². The summed E-state index contributed by atoms with van der Waals surface area (Å²) in [6, 6.07) is 0. The second-order valence-corrected chi connectivity index (χ2v) is 6.28. The lowest BCUT2D eigenvalue weighted by molar-refractivity contribution is 0.00426. The predicted octanol–water partition coefficient (Wildman–Crippen LogP) is 1.60. The van der Waals surface area contributed by atoms with Crippen molar-refractivity contribution in [2.75, 3.05) is 53.0 Å². The van der Waals surface area contributed by atoms with Crippen LogP contribution in [0.2, 0.25) is 0 Å². The lowest BCUT2D eigenvalue weighted by atomic mass is 9.93. The van der Waals surface area contributed by atoms with Crippen LogP contribution in [0.15, 0.2) is 0 Å². The average Bonchev–Trinajstić information content (AvgIpc) is 2.66. The Labute approximate surface area is 118 Å². The van der Waals surface area contributed by atoms with Crippen LogP contribution in [0.5, 0.6) is 0 Å². The zero-order chi connectivity index (χ0) is 13.7. The van der Waals surface area contributed by atoms with E-state index in [1.54, 1.807) is 0 Å². The first-order chi connectivity index (χ1) is 9.14. The quantitative estimate of drug-likeness (QED) is 0.732. The summed E-state index contributed by atoms with van der Waals surface area (Å²) in [6.45, 7) is 11.5. The molecule has 2 fully saturated rings. The molecule has 112 valence electrons. The van der Waals surface area contributed by atoms with Crippen molar-refractivity contribution in [2.24, 2.45) is 0 Å². The number of hydrogen-bond acceptors (Lipinski definition) is 4. The van der Waals surface area contributed by atoms with E-state index >= 15 is 0 Å². The van der Waals surface area contributed by atoms with Gasteiger partial charge in [0, 0.05) is 31.7 Å². The molecule has 4 heteroatoms. The van der Waals surface area contributed by atoms with Gasteiger partial charge in [0.25, 0.3) is 0 Å². The van der Waals surface area contributed by atoms with Crippen LogP contribution < -0.4 is 0 Å². The highest BCUT2D eigenvalue weighted by molar-refractivity contribution is 4.94. The van der Waals surface area contributed by atoms with Crippen LogP contribution in [-0.4, -0.2) is 74.5 Å². The highest BCUT2D eigenvalue weighted by Gasteiger charge is 2.39. The van der Waals surface area contributed by atoms with Gasteiger partial charge >= 0.3 is 0 Å². The van der Waals surface area contributed by atoms with Crippen LogP contribution >= 0.6 is 0 Å². The molecule has 4 nitrogen and oxygen atoms in total. The third-order valence-electron chi connectivity index (χ3n) is 4.72. The van der Waals surface area contributed by atoms with E-state index in [-0.39, 0.29) is 0 Å². The summed E-state index contributed by atoms with van der Waals surface area (Å²) in [7, 11) is 2.24. The minimum absolute atomic E-state index is 0.346. The third-order valence-corrected chi connectivity index (χ3v) is 4.72. The van der Waals surface area contributed by atoms with Crippen molar-refractivity contribution in [3.05, 3.63) is 0 Å². The Hall–Kier alpha value is -0.160. The van der Waals surface area contributed by atoms with E-state index in [2.05, 4.69) is 30.7 Å². The number of likely N-dealkylation sites (N-methyl/N-ethyl adjacent to an activating group) is 1. The zero-order valence-corrected chi connectivity index (χ0v) is 12.9.